The first-order valence-electron chi connectivity index (χ1n) is 7.99. The Morgan fingerprint density at radius 3 is 2.95 bits per heavy atom. The Bertz CT molecular complexity index is 406. The lowest BCUT2D eigenvalue weighted by molar-refractivity contribution is -0.126. The van der Waals surface area contributed by atoms with Gasteiger partial charge in [-0.3, -0.25) is 4.79 Å². The maximum absolute atomic E-state index is 12.2. The summed E-state index contributed by atoms with van der Waals surface area (Å²) in [5, 5.41) is 3.02. The van der Waals surface area contributed by atoms with Crippen molar-refractivity contribution in [2.24, 2.45) is 5.92 Å². The molecule has 0 aromatic carbocycles. The second-order valence-corrected chi connectivity index (χ2v) is 5.90. The van der Waals surface area contributed by atoms with Crippen LogP contribution >= 0.6 is 0 Å². The molecule has 1 N–H and O–H groups in total. The number of carbonyl (C=O) groups is 2. The lowest BCUT2D eigenvalue weighted by Crippen LogP contribution is -2.45. The van der Waals surface area contributed by atoms with E-state index in [9.17, 15) is 9.59 Å². The highest BCUT2D eigenvalue weighted by molar-refractivity contribution is 5.80. The van der Waals surface area contributed by atoms with Crippen LogP contribution < -0.4 is 5.32 Å². The summed E-state index contributed by atoms with van der Waals surface area (Å²) in [5.41, 5.74) is 1.47. The maximum atomic E-state index is 12.2. The van der Waals surface area contributed by atoms with Crippen molar-refractivity contribution >= 4 is 12.0 Å². The maximum Gasteiger partial charge on any atom is 0.409 e. The summed E-state index contributed by atoms with van der Waals surface area (Å²) in [6, 6.07) is 0. The first-order chi connectivity index (χ1) is 10.2. The van der Waals surface area contributed by atoms with Gasteiger partial charge in [-0.2, -0.15) is 0 Å². The van der Waals surface area contributed by atoms with Crippen molar-refractivity contribution in [1.82, 2.24) is 10.2 Å². The summed E-state index contributed by atoms with van der Waals surface area (Å²) in [4.78, 5) is 25.3. The number of amides is 2. The zero-order valence-electron chi connectivity index (χ0n) is 12.9. The number of nitrogens with zero attached hydrogens (tertiary/aromatic N) is 1. The van der Waals surface area contributed by atoms with E-state index < -0.39 is 0 Å². The number of likely N-dealkylation sites (tertiary alicyclic amines) is 1. The lowest BCUT2D eigenvalue weighted by atomic mass is 9.96. The van der Waals surface area contributed by atoms with Crippen molar-refractivity contribution in [3.63, 3.8) is 0 Å². The van der Waals surface area contributed by atoms with Gasteiger partial charge in [0.25, 0.3) is 0 Å². The first kappa shape index (κ1) is 15.9. The molecule has 0 bridgehead atoms. The van der Waals surface area contributed by atoms with Crippen molar-refractivity contribution < 1.29 is 14.3 Å². The van der Waals surface area contributed by atoms with Crippen LogP contribution in [0.3, 0.4) is 0 Å². The number of piperidine rings is 1. The van der Waals surface area contributed by atoms with E-state index >= 15 is 0 Å². The number of allylic oxidation sites excluding steroid dienone is 1. The zero-order valence-corrected chi connectivity index (χ0v) is 12.9. The van der Waals surface area contributed by atoms with Gasteiger partial charge in [0.1, 0.15) is 0 Å². The molecule has 1 aliphatic carbocycles. The van der Waals surface area contributed by atoms with E-state index in [-0.39, 0.29) is 17.9 Å². The molecule has 1 saturated heterocycles. The summed E-state index contributed by atoms with van der Waals surface area (Å²) in [5.74, 6) is -0.0294. The van der Waals surface area contributed by atoms with Gasteiger partial charge in [-0.15, -0.1) is 0 Å². The number of rotatable bonds is 4. The molecule has 0 radical (unpaired) electrons. The minimum atomic E-state index is -0.333. The molecule has 0 aromatic rings. The van der Waals surface area contributed by atoms with Crippen LogP contribution in [-0.4, -0.2) is 43.6 Å². The second kappa shape index (κ2) is 8.05. The van der Waals surface area contributed by atoms with E-state index in [0.717, 1.165) is 19.3 Å². The molecule has 0 saturated carbocycles. The largest absolute Gasteiger partial charge is 0.453 e. The van der Waals surface area contributed by atoms with Gasteiger partial charge in [-0.1, -0.05) is 11.6 Å². The Kier molecular flexibility index (Phi) is 6.08. The molecule has 118 valence electrons. The molecule has 5 nitrogen and oxygen atoms in total. The Morgan fingerprint density at radius 1 is 1.38 bits per heavy atom. The minimum Gasteiger partial charge on any atom is -0.453 e. The molecule has 5 heteroatoms. The fourth-order valence-corrected chi connectivity index (χ4v) is 3.11. The predicted molar refractivity (Wildman–Crippen MR) is 80.9 cm³/mol. The summed E-state index contributed by atoms with van der Waals surface area (Å²) in [6.07, 6.45) is 9.57. The van der Waals surface area contributed by atoms with Crippen LogP contribution in [0.5, 0.6) is 0 Å². The molecule has 1 atom stereocenters. The van der Waals surface area contributed by atoms with E-state index in [1.165, 1.54) is 38.4 Å². The number of hydrogen-bond acceptors (Lipinski definition) is 3. The van der Waals surface area contributed by atoms with Crippen LogP contribution in [0.15, 0.2) is 11.6 Å². The molecule has 2 rings (SSSR count). The van der Waals surface area contributed by atoms with Gasteiger partial charge >= 0.3 is 6.09 Å². The van der Waals surface area contributed by atoms with Gasteiger partial charge in [0, 0.05) is 19.6 Å². The van der Waals surface area contributed by atoms with Gasteiger partial charge in [0.2, 0.25) is 5.91 Å². The van der Waals surface area contributed by atoms with Crippen molar-refractivity contribution in [2.45, 2.75) is 44.9 Å². The lowest BCUT2D eigenvalue weighted by Gasteiger charge is -2.30. The highest BCUT2D eigenvalue weighted by Gasteiger charge is 2.28. The molecule has 2 aliphatic rings. The topological polar surface area (TPSA) is 58.6 Å². The van der Waals surface area contributed by atoms with Crippen LogP contribution in [-0.2, 0) is 9.53 Å². The molecule has 0 aromatic heterocycles. The van der Waals surface area contributed by atoms with Crippen molar-refractivity contribution in [2.75, 3.05) is 26.7 Å². The Balaban J connectivity index is 1.72. The van der Waals surface area contributed by atoms with E-state index in [1.54, 1.807) is 4.90 Å². The van der Waals surface area contributed by atoms with Gasteiger partial charge in [0.05, 0.1) is 13.0 Å². The fourth-order valence-electron chi connectivity index (χ4n) is 3.11. The third kappa shape index (κ3) is 4.76. The van der Waals surface area contributed by atoms with Gasteiger partial charge in [0.15, 0.2) is 0 Å². The third-order valence-corrected chi connectivity index (χ3v) is 4.36. The number of hydrogen-bond donors (Lipinski definition) is 1. The van der Waals surface area contributed by atoms with Gasteiger partial charge in [-0.25, -0.2) is 4.79 Å². The quantitative estimate of drug-likeness (QED) is 0.810. The zero-order chi connectivity index (χ0) is 15.1. The molecule has 21 heavy (non-hydrogen) atoms. The minimum absolute atomic E-state index is 0.0695. The highest BCUT2D eigenvalue weighted by atomic mass is 16.5. The summed E-state index contributed by atoms with van der Waals surface area (Å²) < 4.78 is 4.73. The number of carbonyl (C=O) groups excluding carboxylic acids is 2. The van der Waals surface area contributed by atoms with Crippen LogP contribution in [0.4, 0.5) is 4.79 Å². The third-order valence-electron chi connectivity index (χ3n) is 4.36. The molecule has 1 heterocycles. The van der Waals surface area contributed by atoms with E-state index in [0.29, 0.717) is 19.6 Å². The average molecular weight is 294 g/mol. The summed E-state index contributed by atoms with van der Waals surface area (Å²) >= 11 is 0. The average Bonchev–Trinajstić information content (AvgIpc) is 2.55. The van der Waals surface area contributed by atoms with Gasteiger partial charge < -0.3 is 15.0 Å². The molecule has 1 aliphatic heterocycles. The van der Waals surface area contributed by atoms with Crippen LogP contribution in [0.2, 0.25) is 0 Å². The van der Waals surface area contributed by atoms with Crippen molar-refractivity contribution in [3.8, 4) is 0 Å². The van der Waals surface area contributed by atoms with Crippen molar-refractivity contribution in [3.05, 3.63) is 11.6 Å². The Morgan fingerprint density at radius 2 is 2.24 bits per heavy atom. The van der Waals surface area contributed by atoms with E-state index in [4.69, 9.17) is 4.74 Å². The normalized spacial score (nSPS) is 22.4. The Hall–Kier alpha value is -1.52. The molecular weight excluding hydrogens is 268 g/mol. The van der Waals surface area contributed by atoms with Crippen LogP contribution in [0, 0.1) is 5.92 Å². The highest BCUT2D eigenvalue weighted by Crippen LogP contribution is 2.20. The molecule has 2 amide bonds. The van der Waals surface area contributed by atoms with Gasteiger partial charge in [-0.05, 0) is 44.9 Å². The monoisotopic (exact) mass is 294 g/mol. The van der Waals surface area contributed by atoms with Crippen LogP contribution in [0.25, 0.3) is 0 Å². The smallest absolute Gasteiger partial charge is 0.409 e. The van der Waals surface area contributed by atoms with E-state index in [1.807, 2.05) is 0 Å². The molecule has 0 spiro atoms. The molecule has 1 fully saturated rings. The van der Waals surface area contributed by atoms with Crippen LogP contribution in [0.1, 0.15) is 44.9 Å². The number of nitrogens with one attached hydrogen (secondary N) is 1. The molecule has 1 unspecified atom stereocenters. The van der Waals surface area contributed by atoms with E-state index in [2.05, 4.69) is 11.4 Å². The second-order valence-electron chi connectivity index (χ2n) is 5.90. The first-order valence-corrected chi connectivity index (χ1v) is 7.99. The molecular formula is C16H26N2O3. The SMILES string of the molecule is COC(=O)N1CCCC(C(=O)NCCC2=CCCCC2)C1. The number of methoxy groups -OCH3 is 1. The predicted octanol–water partition coefficient (Wildman–Crippen LogP) is 2.47. The Labute approximate surface area is 126 Å². The summed E-state index contributed by atoms with van der Waals surface area (Å²) in [6.45, 7) is 1.87. The standard InChI is InChI=1S/C16H26N2O3/c1-21-16(20)18-11-5-8-14(12-18)15(19)17-10-9-13-6-3-2-4-7-13/h6,14H,2-5,7-12H2,1H3,(H,17,19). The summed E-state index contributed by atoms with van der Waals surface area (Å²) in [7, 11) is 1.38. The van der Waals surface area contributed by atoms with Crippen molar-refractivity contribution in [1.29, 1.82) is 0 Å². The number of ether oxygens (including phenoxy) is 1. The fraction of sp³-hybridized carbons (Fsp3) is 0.750.